The number of methoxy groups -OCH3 is 2. The van der Waals surface area contributed by atoms with E-state index in [1.54, 1.807) is 19.1 Å². The van der Waals surface area contributed by atoms with Gasteiger partial charge in [0.15, 0.2) is 5.17 Å². The molecule has 0 radical (unpaired) electrons. The van der Waals surface area contributed by atoms with Gasteiger partial charge in [0.1, 0.15) is 11.5 Å². The average molecular weight is 445 g/mol. The number of benzene rings is 3. The molecule has 1 heterocycles. The lowest BCUT2D eigenvalue weighted by Gasteiger charge is -2.15. The number of nitrogens with zero attached hydrogens (tertiary/aromatic N) is 2. The minimum absolute atomic E-state index is 0.0644. The molecule has 162 valence electrons. The normalized spacial score (nSPS) is 16.1. The Bertz CT molecular complexity index is 1140. The van der Waals surface area contributed by atoms with Gasteiger partial charge in [0.2, 0.25) is 0 Å². The molecular weight excluding hydrogens is 420 g/mol. The Labute approximate surface area is 192 Å². The maximum Gasteiger partial charge on any atom is 0.266 e. The Morgan fingerprint density at radius 3 is 2.34 bits per heavy atom. The van der Waals surface area contributed by atoms with Gasteiger partial charge in [0, 0.05) is 12.1 Å². The number of carbonyl (C=O) groups is 1. The first-order chi connectivity index (χ1) is 15.7. The zero-order valence-electron chi connectivity index (χ0n) is 18.0. The summed E-state index contributed by atoms with van der Waals surface area (Å²) >= 11 is 1.38. The number of carbonyl (C=O) groups excluding carboxylic acids is 1. The molecule has 32 heavy (non-hydrogen) atoms. The predicted octanol–water partition coefficient (Wildman–Crippen LogP) is 5.55. The first-order valence-corrected chi connectivity index (χ1v) is 11.1. The second-order valence-corrected chi connectivity index (χ2v) is 8.15. The van der Waals surface area contributed by atoms with Gasteiger partial charge in [-0.15, -0.1) is 0 Å². The van der Waals surface area contributed by atoms with Crippen LogP contribution in [0.25, 0.3) is 6.08 Å². The van der Waals surface area contributed by atoms with Crippen molar-refractivity contribution in [3.63, 3.8) is 0 Å². The van der Waals surface area contributed by atoms with Gasteiger partial charge in [0.25, 0.3) is 5.91 Å². The summed E-state index contributed by atoms with van der Waals surface area (Å²) in [6.07, 6.45) is 2.59. The molecule has 1 amide bonds. The fraction of sp³-hybridized carbons (Fsp3) is 0.154. The molecule has 1 aliphatic rings. The molecule has 0 aliphatic carbocycles. The van der Waals surface area contributed by atoms with Crippen LogP contribution < -0.4 is 9.47 Å². The molecular formula is C26H24N2O3S. The van der Waals surface area contributed by atoms with Crippen molar-refractivity contribution in [2.75, 3.05) is 20.8 Å². The molecule has 1 aliphatic heterocycles. The largest absolute Gasteiger partial charge is 0.497 e. The van der Waals surface area contributed by atoms with E-state index in [1.165, 1.54) is 17.3 Å². The van der Waals surface area contributed by atoms with Crippen LogP contribution in [0, 0.1) is 0 Å². The summed E-state index contributed by atoms with van der Waals surface area (Å²) in [6, 6.07) is 25.4. The lowest BCUT2D eigenvalue weighted by atomic mass is 10.1. The molecule has 0 atom stereocenters. The molecule has 4 rings (SSSR count). The van der Waals surface area contributed by atoms with Crippen LogP contribution in [-0.2, 0) is 11.2 Å². The minimum atomic E-state index is -0.0644. The van der Waals surface area contributed by atoms with Crippen molar-refractivity contribution in [2.45, 2.75) is 6.42 Å². The van der Waals surface area contributed by atoms with Crippen LogP contribution in [0.1, 0.15) is 11.1 Å². The van der Waals surface area contributed by atoms with Gasteiger partial charge in [0.05, 0.1) is 24.8 Å². The summed E-state index contributed by atoms with van der Waals surface area (Å²) in [4.78, 5) is 20.5. The Kier molecular flexibility index (Phi) is 6.92. The Morgan fingerprint density at radius 1 is 0.938 bits per heavy atom. The first-order valence-electron chi connectivity index (χ1n) is 10.3. The topological polar surface area (TPSA) is 51.1 Å². The fourth-order valence-electron chi connectivity index (χ4n) is 3.38. The van der Waals surface area contributed by atoms with Crippen molar-refractivity contribution >= 4 is 34.6 Å². The highest BCUT2D eigenvalue weighted by Gasteiger charge is 2.33. The van der Waals surface area contributed by atoms with Crippen molar-refractivity contribution in [3.05, 3.63) is 94.9 Å². The maximum atomic E-state index is 13.4. The van der Waals surface area contributed by atoms with Gasteiger partial charge in [-0.1, -0.05) is 48.5 Å². The van der Waals surface area contributed by atoms with Gasteiger partial charge in [-0.3, -0.25) is 9.69 Å². The van der Waals surface area contributed by atoms with Crippen LogP contribution in [0.5, 0.6) is 11.5 Å². The average Bonchev–Trinajstić information content (AvgIpc) is 3.12. The number of amidine groups is 1. The zero-order chi connectivity index (χ0) is 22.3. The predicted molar refractivity (Wildman–Crippen MR) is 131 cm³/mol. The molecule has 0 aromatic heterocycles. The molecule has 0 saturated carbocycles. The number of hydrogen-bond acceptors (Lipinski definition) is 5. The van der Waals surface area contributed by atoms with Crippen LogP contribution >= 0.6 is 11.8 Å². The van der Waals surface area contributed by atoms with Crippen molar-refractivity contribution in [3.8, 4) is 11.5 Å². The van der Waals surface area contributed by atoms with E-state index in [-0.39, 0.29) is 5.91 Å². The number of amides is 1. The smallest absolute Gasteiger partial charge is 0.266 e. The van der Waals surface area contributed by atoms with E-state index >= 15 is 0 Å². The Hall–Kier alpha value is -3.51. The van der Waals surface area contributed by atoms with Gasteiger partial charge in [-0.25, -0.2) is 4.99 Å². The lowest BCUT2D eigenvalue weighted by Crippen LogP contribution is -2.31. The SMILES string of the molecule is COc1ccc(OC)c(/C=C2/SC(=Nc3ccccc3)N(CCc3ccccc3)C2=O)c1. The monoisotopic (exact) mass is 444 g/mol. The highest BCUT2D eigenvalue weighted by Crippen LogP contribution is 2.36. The zero-order valence-corrected chi connectivity index (χ0v) is 18.8. The number of para-hydroxylation sites is 1. The summed E-state index contributed by atoms with van der Waals surface area (Å²) in [5.74, 6) is 1.31. The summed E-state index contributed by atoms with van der Waals surface area (Å²) in [5.41, 5.74) is 2.77. The van der Waals surface area contributed by atoms with E-state index < -0.39 is 0 Å². The highest BCUT2D eigenvalue weighted by atomic mass is 32.2. The third kappa shape index (κ3) is 5.03. The van der Waals surface area contributed by atoms with E-state index in [1.807, 2.05) is 72.8 Å². The molecule has 1 fully saturated rings. The number of hydrogen-bond donors (Lipinski definition) is 0. The molecule has 6 heteroatoms. The van der Waals surface area contributed by atoms with Crippen LogP contribution in [0.2, 0.25) is 0 Å². The third-order valence-corrected chi connectivity index (χ3v) is 6.07. The second-order valence-electron chi connectivity index (χ2n) is 7.14. The summed E-state index contributed by atoms with van der Waals surface area (Å²) in [6.45, 7) is 0.550. The quantitative estimate of drug-likeness (QED) is 0.448. The first kappa shape index (κ1) is 21.7. The third-order valence-electron chi connectivity index (χ3n) is 5.06. The summed E-state index contributed by atoms with van der Waals surface area (Å²) < 4.78 is 10.8. The van der Waals surface area contributed by atoms with E-state index in [2.05, 4.69) is 12.1 Å². The van der Waals surface area contributed by atoms with Crippen molar-refractivity contribution in [2.24, 2.45) is 4.99 Å². The molecule has 5 nitrogen and oxygen atoms in total. The Morgan fingerprint density at radius 2 is 1.66 bits per heavy atom. The van der Waals surface area contributed by atoms with Gasteiger partial charge in [-0.05, 0) is 60.2 Å². The van der Waals surface area contributed by atoms with Gasteiger partial charge in [-0.2, -0.15) is 0 Å². The number of rotatable bonds is 7. The van der Waals surface area contributed by atoms with Crippen LogP contribution in [0.15, 0.2) is 88.8 Å². The molecule has 3 aromatic rings. The number of ether oxygens (including phenoxy) is 2. The summed E-state index contributed by atoms with van der Waals surface area (Å²) in [7, 11) is 3.23. The Balaban J connectivity index is 1.67. The van der Waals surface area contributed by atoms with Gasteiger partial charge >= 0.3 is 0 Å². The van der Waals surface area contributed by atoms with E-state index in [0.717, 1.165) is 17.7 Å². The van der Waals surface area contributed by atoms with Crippen LogP contribution in [0.3, 0.4) is 0 Å². The van der Waals surface area contributed by atoms with Crippen LogP contribution in [0.4, 0.5) is 5.69 Å². The maximum absolute atomic E-state index is 13.4. The summed E-state index contributed by atoms with van der Waals surface area (Å²) in [5, 5.41) is 0.672. The number of aliphatic imine (C=N–C) groups is 1. The molecule has 3 aromatic carbocycles. The minimum Gasteiger partial charge on any atom is -0.497 e. The van der Waals surface area contributed by atoms with Crippen LogP contribution in [-0.4, -0.2) is 36.7 Å². The molecule has 0 bridgehead atoms. The molecule has 0 N–H and O–H groups in total. The fourth-order valence-corrected chi connectivity index (χ4v) is 4.40. The van der Waals surface area contributed by atoms with Crippen molar-refractivity contribution < 1.29 is 14.3 Å². The standard InChI is InChI=1S/C26H24N2O3S/c1-30-22-13-14-23(31-2)20(17-22)18-24-25(29)28(16-15-19-9-5-3-6-10-19)26(32-24)27-21-11-7-4-8-12-21/h3-14,17-18H,15-16H2,1-2H3/b24-18+,27-26?. The lowest BCUT2D eigenvalue weighted by molar-refractivity contribution is -0.122. The second kappa shape index (κ2) is 10.2. The van der Waals surface area contributed by atoms with Crippen molar-refractivity contribution in [1.29, 1.82) is 0 Å². The van der Waals surface area contributed by atoms with E-state index in [4.69, 9.17) is 14.5 Å². The molecule has 0 unspecified atom stereocenters. The van der Waals surface area contributed by atoms with Gasteiger partial charge < -0.3 is 9.47 Å². The molecule has 1 saturated heterocycles. The highest BCUT2D eigenvalue weighted by molar-refractivity contribution is 8.18. The number of thioether (sulfide) groups is 1. The van der Waals surface area contributed by atoms with E-state index in [0.29, 0.717) is 28.1 Å². The van der Waals surface area contributed by atoms with Crippen molar-refractivity contribution in [1.82, 2.24) is 4.90 Å². The van der Waals surface area contributed by atoms with E-state index in [9.17, 15) is 4.79 Å². The molecule has 0 spiro atoms.